The summed E-state index contributed by atoms with van der Waals surface area (Å²) < 4.78 is 0. The fourth-order valence-corrected chi connectivity index (χ4v) is 2.71. The second kappa shape index (κ2) is 8.14. The fraction of sp³-hybridized carbons (Fsp3) is 0.0952. The third-order valence-corrected chi connectivity index (χ3v) is 4.09. The summed E-state index contributed by atoms with van der Waals surface area (Å²) in [7, 11) is 1.82. The molecule has 1 amide bonds. The van der Waals surface area contributed by atoms with E-state index in [1.165, 1.54) is 0 Å². The zero-order valence-corrected chi connectivity index (χ0v) is 15.0. The minimum absolute atomic E-state index is 0.000961. The van der Waals surface area contributed by atoms with Crippen LogP contribution in [0.1, 0.15) is 5.56 Å². The Labute approximate surface area is 158 Å². The van der Waals surface area contributed by atoms with Gasteiger partial charge in [0.1, 0.15) is 5.84 Å². The molecule has 136 valence electrons. The predicted octanol–water partition coefficient (Wildman–Crippen LogP) is 3.11. The largest absolute Gasteiger partial charge is 0.384 e. The van der Waals surface area contributed by atoms with Crippen molar-refractivity contribution < 1.29 is 4.79 Å². The molecule has 0 bridgehead atoms. The van der Waals surface area contributed by atoms with Crippen molar-refractivity contribution in [2.75, 3.05) is 23.8 Å². The number of rotatable bonds is 6. The number of benzene rings is 2. The minimum Gasteiger partial charge on any atom is -0.384 e. The number of amidine groups is 1. The number of nitrogens with two attached hydrogens (primary N) is 1. The highest BCUT2D eigenvalue weighted by Gasteiger charge is 2.10. The molecule has 0 spiro atoms. The molecule has 3 rings (SSSR count). The minimum atomic E-state index is -0.135. The van der Waals surface area contributed by atoms with Crippen molar-refractivity contribution in [3.05, 3.63) is 78.5 Å². The molecule has 0 aliphatic rings. The predicted molar refractivity (Wildman–Crippen MR) is 109 cm³/mol. The van der Waals surface area contributed by atoms with E-state index in [0.29, 0.717) is 11.3 Å². The van der Waals surface area contributed by atoms with Gasteiger partial charge >= 0.3 is 0 Å². The third-order valence-electron chi connectivity index (χ3n) is 4.09. The smallest absolute Gasteiger partial charge is 0.243 e. The van der Waals surface area contributed by atoms with Gasteiger partial charge in [-0.25, -0.2) is 0 Å². The second-order valence-electron chi connectivity index (χ2n) is 6.16. The summed E-state index contributed by atoms with van der Waals surface area (Å²) in [5, 5.41) is 10.4. The quantitative estimate of drug-likeness (QED) is 0.465. The molecule has 1 aromatic heterocycles. The number of carbonyl (C=O) groups is 1. The van der Waals surface area contributed by atoms with Crippen LogP contribution in [0.4, 0.5) is 11.4 Å². The lowest BCUT2D eigenvalue weighted by Gasteiger charge is -2.19. The number of hydrogen-bond donors (Lipinski definition) is 3. The summed E-state index contributed by atoms with van der Waals surface area (Å²) in [5.41, 5.74) is 9.49. The van der Waals surface area contributed by atoms with E-state index in [1.54, 1.807) is 18.3 Å². The molecule has 4 N–H and O–H groups in total. The summed E-state index contributed by atoms with van der Waals surface area (Å²) in [6.07, 6.45) is 1.74. The second-order valence-corrected chi connectivity index (χ2v) is 6.16. The van der Waals surface area contributed by atoms with Crippen LogP contribution in [0.25, 0.3) is 11.3 Å². The fourth-order valence-electron chi connectivity index (χ4n) is 2.71. The number of nitrogens with zero attached hydrogens (tertiary/aromatic N) is 2. The summed E-state index contributed by atoms with van der Waals surface area (Å²) in [5.74, 6) is -0.134. The van der Waals surface area contributed by atoms with Crippen LogP contribution in [0.2, 0.25) is 0 Å². The maximum atomic E-state index is 12.4. The number of hydrogen-bond acceptors (Lipinski definition) is 4. The molecular formula is C21H21N5O. The molecule has 2 aromatic carbocycles. The van der Waals surface area contributed by atoms with Crippen molar-refractivity contribution in [1.29, 1.82) is 5.41 Å². The highest BCUT2D eigenvalue weighted by Crippen LogP contribution is 2.20. The number of likely N-dealkylation sites (N-methyl/N-ethyl adjacent to an activating group) is 1. The van der Waals surface area contributed by atoms with Gasteiger partial charge in [-0.05, 0) is 36.4 Å². The van der Waals surface area contributed by atoms with Crippen LogP contribution in [0.3, 0.4) is 0 Å². The molecule has 0 unspecified atom stereocenters. The van der Waals surface area contributed by atoms with E-state index in [4.69, 9.17) is 11.1 Å². The van der Waals surface area contributed by atoms with Gasteiger partial charge < -0.3 is 16.0 Å². The van der Waals surface area contributed by atoms with Gasteiger partial charge in [0.05, 0.1) is 12.2 Å². The maximum absolute atomic E-state index is 12.4. The lowest BCUT2D eigenvalue weighted by atomic mass is 10.1. The number of nitrogens with one attached hydrogen (secondary N) is 2. The maximum Gasteiger partial charge on any atom is 0.243 e. The summed E-state index contributed by atoms with van der Waals surface area (Å²) in [4.78, 5) is 18.6. The monoisotopic (exact) mass is 359 g/mol. The first-order chi connectivity index (χ1) is 13.0. The SMILES string of the molecule is CN(CC(=O)Nc1cccc(-c2ccccn2)c1)c1cccc(C(=N)N)c1. The summed E-state index contributed by atoms with van der Waals surface area (Å²) >= 11 is 0. The normalized spacial score (nSPS) is 10.3. The molecule has 6 heteroatoms. The van der Waals surface area contributed by atoms with Crippen molar-refractivity contribution in [3.8, 4) is 11.3 Å². The molecule has 6 nitrogen and oxygen atoms in total. The first-order valence-electron chi connectivity index (χ1n) is 8.50. The van der Waals surface area contributed by atoms with Crippen molar-refractivity contribution in [2.24, 2.45) is 5.73 Å². The molecule has 0 saturated carbocycles. The van der Waals surface area contributed by atoms with Gasteiger partial charge in [0.25, 0.3) is 0 Å². The van der Waals surface area contributed by atoms with Gasteiger partial charge in [0, 0.05) is 35.7 Å². The van der Waals surface area contributed by atoms with Crippen LogP contribution < -0.4 is 16.0 Å². The average molecular weight is 359 g/mol. The molecular weight excluding hydrogens is 338 g/mol. The van der Waals surface area contributed by atoms with Gasteiger partial charge in [-0.2, -0.15) is 0 Å². The van der Waals surface area contributed by atoms with Gasteiger partial charge in [-0.15, -0.1) is 0 Å². The molecule has 0 radical (unpaired) electrons. The zero-order valence-electron chi connectivity index (χ0n) is 15.0. The van der Waals surface area contributed by atoms with Crippen molar-refractivity contribution in [2.45, 2.75) is 0 Å². The van der Waals surface area contributed by atoms with E-state index in [1.807, 2.05) is 66.5 Å². The highest BCUT2D eigenvalue weighted by atomic mass is 16.2. The lowest BCUT2D eigenvalue weighted by molar-refractivity contribution is -0.114. The topological polar surface area (TPSA) is 95.1 Å². The van der Waals surface area contributed by atoms with Crippen LogP contribution in [-0.4, -0.2) is 30.3 Å². The number of pyridine rings is 1. The molecule has 1 heterocycles. The Balaban J connectivity index is 1.67. The van der Waals surface area contributed by atoms with E-state index >= 15 is 0 Å². The van der Waals surface area contributed by atoms with Crippen molar-refractivity contribution >= 4 is 23.1 Å². The van der Waals surface area contributed by atoms with Gasteiger partial charge in [-0.3, -0.25) is 15.2 Å². The standard InChI is InChI=1S/C21H21N5O/c1-26(18-9-5-7-16(13-18)21(22)23)14-20(27)25-17-8-4-6-15(12-17)19-10-2-3-11-24-19/h2-13H,14H2,1H3,(H3,22,23)(H,25,27). The first kappa shape index (κ1) is 18.1. The zero-order chi connectivity index (χ0) is 19.2. The summed E-state index contributed by atoms with van der Waals surface area (Å²) in [6, 6.07) is 20.6. The van der Waals surface area contributed by atoms with Gasteiger partial charge in [0.15, 0.2) is 0 Å². The number of aromatic nitrogens is 1. The Hall–Kier alpha value is -3.67. The van der Waals surface area contributed by atoms with E-state index in [0.717, 1.165) is 16.9 Å². The Morgan fingerprint density at radius 3 is 2.67 bits per heavy atom. The Morgan fingerprint density at radius 2 is 1.93 bits per heavy atom. The molecule has 0 saturated heterocycles. The van der Waals surface area contributed by atoms with Crippen LogP contribution in [-0.2, 0) is 4.79 Å². The number of nitrogen functional groups attached to an aromatic ring is 1. The van der Waals surface area contributed by atoms with E-state index < -0.39 is 0 Å². The van der Waals surface area contributed by atoms with Crippen LogP contribution in [0.15, 0.2) is 72.9 Å². The molecule has 27 heavy (non-hydrogen) atoms. The highest BCUT2D eigenvalue weighted by molar-refractivity contribution is 5.97. The van der Waals surface area contributed by atoms with Crippen molar-refractivity contribution in [1.82, 2.24) is 4.98 Å². The number of carbonyl (C=O) groups excluding carboxylic acids is 1. The number of anilines is 2. The Morgan fingerprint density at radius 1 is 1.11 bits per heavy atom. The molecule has 0 aliphatic heterocycles. The third kappa shape index (κ3) is 4.70. The molecule has 3 aromatic rings. The molecule has 0 fully saturated rings. The molecule has 0 atom stereocenters. The van der Waals surface area contributed by atoms with E-state index in [2.05, 4.69) is 10.3 Å². The molecule has 0 aliphatic carbocycles. The first-order valence-corrected chi connectivity index (χ1v) is 8.50. The van der Waals surface area contributed by atoms with Crippen LogP contribution >= 0.6 is 0 Å². The average Bonchev–Trinajstić information content (AvgIpc) is 2.69. The van der Waals surface area contributed by atoms with Crippen LogP contribution in [0, 0.1) is 5.41 Å². The van der Waals surface area contributed by atoms with E-state index in [-0.39, 0.29) is 18.3 Å². The van der Waals surface area contributed by atoms with Gasteiger partial charge in [-0.1, -0.05) is 30.3 Å². The van der Waals surface area contributed by atoms with Crippen molar-refractivity contribution in [3.63, 3.8) is 0 Å². The van der Waals surface area contributed by atoms with Gasteiger partial charge in [0.2, 0.25) is 5.91 Å². The number of amides is 1. The summed E-state index contributed by atoms with van der Waals surface area (Å²) in [6.45, 7) is 0.176. The van der Waals surface area contributed by atoms with E-state index in [9.17, 15) is 4.79 Å². The lowest BCUT2D eigenvalue weighted by Crippen LogP contribution is -2.30. The Bertz CT molecular complexity index is 956. The van der Waals surface area contributed by atoms with Crippen LogP contribution in [0.5, 0.6) is 0 Å². The Kier molecular flexibility index (Phi) is 5.47.